The summed E-state index contributed by atoms with van der Waals surface area (Å²) in [7, 11) is 1.75. The summed E-state index contributed by atoms with van der Waals surface area (Å²) in [5.74, 6) is -0.548. The van der Waals surface area contributed by atoms with Crippen LogP contribution in [0.1, 0.15) is 31.1 Å². The third-order valence-corrected chi connectivity index (χ3v) is 6.78. The minimum absolute atomic E-state index is 0.0666. The predicted octanol–water partition coefficient (Wildman–Crippen LogP) is 5.93. The molecule has 0 atom stereocenters. The van der Waals surface area contributed by atoms with E-state index in [2.05, 4.69) is 10.6 Å². The van der Waals surface area contributed by atoms with Crippen molar-refractivity contribution in [1.29, 1.82) is 0 Å². The van der Waals surface area contributed by atoms with Crippen LogP contribution in [-0.2, 0) is 0 Å². The Morgan fingerprint density at radius 2 is 1.29 bits per heavy atom. The van der Waals surface area contributed by atoms with Gasteiger partial charge in [0.1, 0.15) is 0 Å². The molecule has 0 saturated heterocycles. The van der Waals surface area contributed by atoms with Crippen LogP contribution < -0.4 is 15.5 Å². The second kappa shape index (κ2) is 9.48. The van der Waals surface area contributed by atoms with Crippen molar-refractivity contribution in [2.75, 3.05) is 22.6 Å². The molecule has 0 aromatic heterocycles. The number of nitrogens with zero attached hydrogens (tertiary/aromatic N) is 1. The number of amides is 3. The molecule has 6 nitrogen and oxygen atoms in total. The number of nitrogens with one attached hydrogen (secondary N) is 2. The van der Waals surface area contributed by atoms with E-state index in [0.29, 0.717) is 28.1 Å². The van der Waals surface area contributed by atoms with Gasteiger partial charge in [0, 0.05) is 39.3 Å². The van der Waals surface area contributed by atoms with Crippen LogP contribution in [0.3, 0.4) is 0 Å². The van der Waals surface area contributed by atoms with E-state index in [1.54, 1.807) is 66.5 Å². The molecule has 4 aromatic rings. The SMILES string of the molecule is CN1C(=O)c2ccccc2Sc2cc(NC(=O)c3ccc(NC(=O)c4ccccc4)cc3)ccc21. The van der Waals surface area contributed by atoms with Crippen LogP contribution >= 0.6 is 11.8 Å². The van der Waals surface area contributed by atoms with E-state index in [1.807, 2.05) is 42.5 Å². The van der Waals surface area contributed by atoms with Gasteiger partial charge in [0.25, 0.3) is 17.7 Å². The molecule has 2 N–H and O–H groups in total. The van der Waals surface area contributed by atoms with E-state index >= 15 is 0 Å². The van der Waals surface area contributed by atoms with Crippen LogP contribution in [-0.4, -0.2) is 24.8 Å². The molecule has 172 valence electrons. The average Bonchev–Trinajstić information content (AvgIpc) is 2.99. The summed E-state index contributed by atoms with van der Waals surface area (Å²) in [5.41, 5.74) is 3.69. The Morgan fingerprint density at radius 1 is 0.686 bits per heavy atom. The van der Waals surface area contributed by atoms with Gasteiger partial charge in [-0.1, -0.05) is 42.1 Å². The first kappa shape index (κ1) is 22.4. The summed E-state index contributed by atoms with van der Waals surface area (Å²) in [6, 6.07) is 28.6. The van der Waals surface area contributed by atoms with Crippen LogP contribution in [0, 0.1) is 0 Å². The zero-order valence-electron chi connectivity index (χ0n) is 18.8. The molecule has 0 saturated carbocycles. The molecule has 3 amide bonds. The molecule has 0 aliphatic carbocycles. The van der Waals surface area contributed by atoms with Gasteiger partial charge in [-0.3, -0.25) is 14.4 Å². The van der Waals surface area contributed by atoms with Crippen molar-refractivity contribution >= 4 is 46.5 Å². The first-order valence-corrected chi connectivity index (χ1v) is 11.8. The number of benzene rings is 4. The summed E-state index contributed by atoms with van der Waals surface area (Å²) < 4.78 is 0. The van der Waals surface area contributed by atoms with Crippen molar-refractivity contribution in [2.45, 2.75) is 9.79 Å². The highest BCUT2D eigenvalue weighted by Gasteiger charge is 2.24. The Hall–Kier alpha value is -4.36. The number of anilines is 3. The minimum atomic E-state index is -0.269. The maximum absolute atomic E-state index is 12.9. The van der Waals surface area contributed by atoms with Gasteiger partial charge in [-0.2, -0.15) is 0 Å². The molecule has 0 fully saturated rings. The smallest absolute Gasteiger partial charge is 0.259 e. The fourth-order valence-corrected chi connectivity index (χ4v) is 4.94. The van der Waals surface area contributed by atoms with Crippen LogP contribution in [0.4, 0.5) is 17.1 Å². The molecule has 1 aliphatic rings. The highest BCUT2D eigenvalue weighted by molar-refractivity contribution is 7.99. The lowest BCUT2D eigenvalue weighted by Crippen LogP contribution is -2.26. The summed E-state index contributed by atoms with van der Waals surface area (Å²) in [4.78, 5) is 41.4. The molecular formula is C28H21N3O3S. The van der Waals surface area contributed by atoms with Crippen molar-refractivity contribution in [3.8, 4) is 0 Å². The predicted molar refractivity (Wildman–Crippen MR) is 139 cm³/mol. The normalized spacial score (nSPS) is 12.3. The first-order chi connectivity index (χ1) is 17.0. The molecule has 35 heavy (non-hydrogen) atoms. The summed E-state index contributed by atoms with van der Waals surface area (Å²) in [6.07, 6.45) is 0. The molecule has 5 rings (SSSR count). The summed E-state index contributed by atoms with van der Waals surface area (Å²) >= 11 is 1.50. The van der Waals surface area contributed by atoms with Crippen molar-refractivity contribution in [3.05, 3.63) is 114 Å². The monoisotopic (exact) mass is 479 g/mol. The van der Waals surface area contributed by atoms with Gasteiger partial charge in [0.05, 0.1) is 11.3 Å². The van der Waals surface area contributed by atoms with Gasteiger partial charge in [0.15, 0.2) is 0 Å². The van der Waals surface area contributed by atoms with E-state index in [1.165, 1.54) is 11.8 Å². The van der Waals surface area contributed by atoms with Crippen LogP contribution in [0.5, 0.6) is 0 Å². The average molecular weight is 480 g/mol. The Balaban J connectivity index is 1.31. The van der Waals surface area contributed by atoms with Crippen molar-refractivity contribution in [3.63, 3.8) is 0 Å². The molecule has 0 spiro atoms. The van der Waals surface area contributed by atoms with E-state index in [-0.39, 0.29) is 17.7 Å². The fraction of sp³-hybridized carbons (Fsp3) is 0.0357. The topological polar surface area (TPSA) is 78.5 Å². The van der Waals surface area contributed by atoms with Crippen molar-refractivity contribution in [2.24, 2.45) is 0 Å². The third kappa shape index (κ3) is 4.67. The summed E-state index contributed by atoms with van der Waals surface area (Å²) in [6.45, 7) is 0. The quantitative estimate of drug-likeness (QED) is 0.380. The standard InChI is InChI=1S/C28H21N3O3S/c1-31-23-16-15-21(17-25(23)35-24-10-6-5-9-22(24)28(31)34)30-27(33)19-11-13-20(14-12-19)29-26(32)18-7-3-2-4-8-18/h2-17H,1H3,(H,29,32)(H,30,33). The summed E-state index contributed by atoms with van der Waals surface area (Å²) in [5, 5.41) is 5.75. The van der Waals surface area contributed by atoms with Gasteiger partial charge < -0.3 is 15.5 Å². The second-order valence-corrected chi connectivity index (χ2v) is 9.08. The lowest BCUT2D eigenvalue weighted by molar-refractivity contribution is 0.0987. The molecule has 1 aliphatic heterocycles. The molecule has 4 aromatic carbocycles. The molecule has 0 bridgehead atoms. The van der Waals surface area contributed by atoms with Crippen molar-refractivity contribution < 1.29 is 14.4 Å². The molecule has 0 unspecified atom stereocenters. The van der Waals surface area contributed by atoms with Crippen LogP contribution in [0.15, 0.2) is 107 Å². The zero-order valence-corrected chi connectivity index (χ0v) is 19.6. The minimum Gasteiger partial charge on any atom is -0.322 e. The lowest BCUT2D eigenvalue weighted by atomic mass is 10.1. The van der Waals surface area contributed by atoms with Crippen LogP contribution in [0.2, 0.25) is 0 Å². The maximum Gasteiger partial charge on any atom is 0.259 e. The molecule has 1 heterocycles. The molecular weight excluding hydrogens is 458 g/mol. The molecule has 7 heteroatoms. The Bertz CT molecular complexity index is 1440. The fourth-order valence-electron chi connectivity index (χ4n) is 3.79. The zero-order chi connectivity index (χ0) is 24.4. The Morgan fingerprint density at radius 3 is 2.03 bits per heavy atom. The largest absolute Gasteiger partial charge is 0.322 e. The van der Waals surface area contributed by atoms with E-state index in [9.17, 15) is 14.4 Å². The Labute approximate surface area is 207 Å². The number of carbonyl (C=O) groups is 3. The third-order valence-electron chi connectivity index (χ3n) is 5.66. The number of rotatable bonds is 4. The van der Waals surface area contributed by atoms with Gasteiger partial charge in [-0.15, -0.1) is 0 Å². The lowest BCUT2D eigenvalue weighted by Gasteiger charge is -2.18. The van der Waals surface area contributed by atoms with E-state index < -0.39 is 0 Å². The van der Waals surface area contributed by atoms with Gasteiger partial charge in [-0.05, 0) is 66.7 Å². The van der Waals surface area contributed by atoms with E-state index in [0.717, 1.165) is 15.5 Å². The van der Waals surface area contributed by atoms with Gasteiger partial charge in [-0.25, -0.2) is 0 Å². The number of carbonyl (C=O) groups excluding carboxylic acids is 3. The Kier molecular flexibility index (Phi) is 6.08. The number of fused-ring (bicyclic) bond motifs is 2. The maximum atomic E-state index is 12.9. The first-order valence-electron chi connectivity index (χ1n) is 11.0. The van der Waals surface area contributed by atoms with Crippen LogP contribution in [0.25, 0.3) is 0 Å². The number of hydrogen-bond acceptors (Lipinski definition) is 4. The van der Waals surface area contributed by atoms with Crippen molar-refractivity contribution in [1.82, 2.24) is 0 Å². The van der Waals surface area contributed by atoms with Gasteiger partial charge in [0.2, 0.25) is 0 Å². The highest BCUT2D eigenvalue weighted by atomic mass is 32.2. The highest BCUT2D eigenvalue weighted by Crippen LogP contribution is 2.42. The molecule has 0 radical (unpaired) electrons. The van der Waals surface area contributed by atoms with E-state index in [4.69, 9.17) is 0 Å². The second-order valence-electron chi connectivity index (χ2n) is 8.00. The van der Waals surface area contributed by atoms with Gasteiger partial charge >= 0.3 is 0 Å². The number of hydrogen-bond donors (Lipinski definition) is 2.